The fraction of sp³-hybridized carbons (Fsp3) is 0.462. The lowest BCUT2D eigenvalue weighted by atomic mass is 9.95. The first-order chi connectivity index (χ1) is 8.50. The number of aromatic nitrogens is 1. The van der Waals surface area contributed by atoms with E-state index >= 15 is 0 Å². The van der Waals surface area contributed by atoms with Gasteiger partial charge in [-0.3, -0.25) is 19.5 Å². The molecule has 1 aliphatic rings. The summed E-state index contributed by atoms with van der Waals surface area (Å²) in [6, 6.07) is 1.30. The van der Waals surface area contributed by atoms with E-state index in [9.17, 15) is 14.0 Å². The number of hydrogen-bond acceptors (Lipinski definition) is 3. The zero-order valence-corrected chi connectivity index (χ0v) is 10.4. The Morgan fingerprint density at radius 3 is 2.83 bits per heavy atom. The second-order valence-corrected chi connectivity index (χ2v) is 4.87. The van der Waals surface area contributed by atoms with Gasteiger partial charge in [0, 0.05) is 19.2 Å². The summed E-state index contributed by atoms with van der Waals surface area (Å²) in [7, 11) is 0. The number of carbonyl (C=O) groups is 2. The topological polar surface area (TPSA) is 50.3 Å². The largest absolute Gasteiger partial charge is 0.278 e. The maximum atomic E-state index is 13.5. The van der Waals surface area contributed by atoms with Crippen LogP contribution in [0.5, 0.6) is 0 Å². The van der Waals surface area contributed by atoms with Gasteiger partial charge in [-0.15, -0.1) is 0 Å². The molecule has 0 aromatic carbocycles. The first-order valence-corrected chi connectivity index (χ1v) is 5.95. The van der Waals surface area contributed by atoms with E-state index in [0.717, 1.165) is 11.1 Å². The number of carbonyl (C=O) groups excluding carboxylic acids is 2. The van der Waals surface area contributed by atoms with Crippen LogP contribution in [0.15, 0.2) is 18.5 Å². The minimum atomic E-state index is -0.691. The SMILES string of the molecule is CC(C)C1CC(=O)N(C(=O)c2ccncc2F)C1. The van der Waals surface area contributed by atoms with Crippen molar-refractivity contribution in [1.82, 2.24) is 9.88 Å². The van der Waals surface area contributed by atoms with Crippen molar-refractivity contribution >= 4 is 11.8 Å². The van der Waals surface area contributed by atoms with Crippen LogP contribution in [-0.2, 0) is 4.79 Å². The molecule has 1 saturated heterocycles. The van der Waals surface area contributed by atoms with Gasteiger partial charge < -0.3 is 0 Å². The molecule has 0 bridgehead atoms. The fourth-order valence-corrected chi connectivity index (χ4v) is 2.07. The Labute approximate surface area is 105 Å². The number of imide groups is 1. The van der Waals surface area contributed by atoms with E-state index < -0.39 is 11.7 Å². The van der Waals surface area contributed by atoms with Gasteiger partial charge in [0.25, 0.3) is 5.91 Å². The first-order valence-electron chi connectivity index (χ1n) is 5.95. The summed E-state index contributed by atoms with van der Waals surface area (Å²) in [5.41, 5.74) is -0.0947. The molecule has 4 nitrogen and oxygen atoms in total. The van der Waals surface area contributed by atoms with Gasteiger partial charge in [0.15, 0.2) is 5.82 Å². The minimum absolute atomic E-state index is 0.0947. The number of pyridine rings is 1. The van der Waals surface area contributed by atoms with Crippen LogP contribution in [0, 0.1) is 17.7 Å². The lowest BCUT2D eigenvalue weighted by molar-refractivity contribution is -0.125. The number of nitrogens with zero attached hydrogens (tertiary/aromatic N) is 2. The van der Waals surface area contributed by atoms with Crippen molar-refractivity contribution in [3.05, 3.63) is 29.8 Å². The van der Waals surface area contributed by atoms with Crippen molar-refractivity contribution in [2.24, 2.45) is 11.8 Å². The van der Waals surface area contributed by atoms with Crippen LogP contribution in [0.2, 0.25) is 0 Å². The van der Waals surface area contributed by atoms with Crippen LogP contribution in [0.3, 0.4) is 0 Å². The first kappa shape index (κ1) is 12.7. The average Bonchev–Trinajstić information content (AvgIpc) is 2.71. The molecular formula is C13H15FN2O2. The van der Waals surface area contributed by atoms with Crippen LogP contribution in [0.1, 0.15) is 30.6 Å². The molecule has 0 aliphatic carbocycles. The predicted molar refractivity (Wildman–Crippen MR) is 63.2 cm³/mol. The van der Waals surface area contributed by atoms with Crippen molar-refractivity contribution in [3.63, 3.8) is 0 Å². The summed E-state index contributed by atoms with van der Waals surface area (Å²) in [6.45, 7) is 4.40. The molecule has 1 aromatic heterocycles. The number of rotatable bonds is 2. The van der Waals surface area contributed by atoms with E-state index in [1.165, 1.54) is 12.3 Å². The third-order valence-electron chi connectivity index (χ3n) is 3.35. The molecule has 0 N–H and O–H groups in total. The Balaban J connectivity index is 2.21. The molecule has 0 spiro atoms. The van der Waals surface area contributed by atoms with Gasteiger partial charge in [0.05, 0.1) is 11.8 Å². The zero-order valence-electron chi connectivity index (χ0n) is 10.4. The van der Waals surface area contributed by atoms with Gasteiger partial charge in [-0.1, -0.05) is 13.8 Å². The van der Waals surface area contributed by atoms with Crippen molar-refractivity contribution in [2.75, 3.05) is 6.54 Å². The van der Waals surface area contributed by atoms with Gasteiger partial charge in [-0.2, -0.15) is 0 Å². The van der Waals surface area contributed by atoms with E-state index in [4.69, 9.17) is 0 Å². The van der Waals surface area contributed by atoms with E-state index in [1.807, 2.05) is 13.8 Å². The molecule has 18 heavy (non-hydrogen) atoms. The predicted octanol–water partition coefficient (Wildman–Crippen LogP) is 1.87. The molecule has 96 valence electrons. The summed E-state index contributed by atoms with van der Waals surface area (Å²) in [5.74, 6) is -0.998. The van der Waals surface area contributed by atoms with Crippen LogP contribution in [0.25, 0.3) is 0 Å². The van der Waals surface area contributed by atoms with E-state index in [1.54, 1.807) is 0 Å². The summed E-state index contributed by atoms with van der Waals surface area (Å²) in [5, 5.41) is 0. The maximum absolute atomic E-state index is 13.5. The number of hydrogen-bond donors (Lipinski definition) is 0. The number of likely N-dealkylation sites (tertiary alicyclic amines) is 1. The third kappa shape index (κ3) is 2.25. The molecule has 1 aromatic rings. The Morgan fingerprint density at radius 1 is 1.56 bits per heavy atom. The Hall–Kier alpha value is -1.78. The van der Waals surface area contributed by atoms with Crippen LogP contribution < -0.4 is 0 Å². The molecule has 1 unspecified atom stereocenters. The molecule has 0 radical (unpaired) electrons. The average molecular weight is 250 g/mol. The van der Waals surface area contributed by atoms with Crippen molar-refractivity contribution in [3.8, 4) is 0 Å². The molecule has 5 heteroatoms. The van der Waals surface area contributed by atoms with Crippen molar-refractivity contribution in [2.45, 2.75) is 20.3 Å². The van der Waals surface area contributed by atoms with Crippen LogP contribution in [-0.4, -0.2) is 28.2 Å². The Morgan fingerprint density at radius 2 is 2.28 bits per heavy atom. The summed E-state index contributed by atoms with van der Waals surface area (Å²) in [4.78, 5) is 28.6. The molecule has 2 heterocycles. The summed E-state index contributed by atoms with van der Waals surface area (Å²) < 4.78 is 13.5. The quantitative estimate of drug-likeness (QED) is 0.753. The molecule has 0 saturated carbocycles. The maximum Gasteiger partial charge on any atom is 0.263 e. The highest BCUT2D eigenvalue weighted by atomic mass is 19.1. The second-order valence-electron chi connectivity index (χ2n) is 4.87. The van der Waals surface area contributed by atoms with E-state index in [2.05, 4.69) is 4.98 Å². The van der Waals surface area contributed by atoms with Gasteiger partial charge >= 0.3 is 0 Å². The van der Waals surface area contributed by atoms with Crippen molar-refractivity contribution < 1.29 is 14.0 Å². The monoisotopic (exact) mass is 250 g/mol. The van der Waals surface area contributed by atoms with E-state index in [-0.39, 0.29) is 17.4 Å². The zero-order chi connectivity index (χ0) is 13.3. The molecule has 1 atom stereocenters. The molecule has 1 fully saturated rings. The molecule has 2 amide bonds. The number of halogens is 1. The van der Waals surface area contributed by atoms with Crippen LogP contribution >= 0.6 is 0 Å². The van der Waals surface area contributed by atoms with Gasteiger partial charge in [0.1, 0.15) is 0 Å². The van der Waals surface area contributed by atoms with Crippen molar-refractivity contribution in [1.29, 1.82) is 0 Å². The van der Waals surface area contributed by atoms with Crippen LogP contribution in [0.4, 0.5) is 4.39 Å². The molecule has 2 rings (SSSR count). The molecule has 1 aliphatic heterocycles. The lowest BCUT2D eigenvalue weighted by Crippen LogP contribution is -2.33. The summed E-state index contributed by atoms with van der Waals surface area (Å²) >= 11 is 0. The van der Waals surface area contributed by atoms with Gasteiger partial charge in [-0.05, 0) is 17.9 Å². The third-order valence-corrected chi connectivity index (χ3v) is 3.35. The highest BCUT2D eigenvalue weighted by Crippen LogP contribution is 2.26. The molecular weight excluding hydrogens is 235 g/mol. The Kier molecular flexibility index (Phi) is 3.41. The van der Waals surface area contributed by atoms with E-state index in [0.29, 0.717) is 18.9 Å². The normalized spacial score (nSPS) is 19.7. The van der Waals surface area contributed by atoms with Gasteiger partial charge in [0.2, 0.25) is 5.91 Å². The number of amides is 2. The highest BCUT2D eigenvalue weighted by Gasteiger charge is 2.36. The smallest absolute Gasteiger partial charge is 0.263 e. The summed E-state index contributed by atoms with van der Waals surface area (Å²) in [6.07, 6.45) is 2.68. The standard InChI is InChI=1S/C13H15FN2O2/c1-8(2)9-5-12(17)16(7-9)13(18)10-3-4-15-6-11(10)14/h3-4,6,8-9H,5,7H2,1-2H3. The minimum Gasteiger partial charge on any atom is -0.278 e. The highest BCUT2D eigenvalue weighted by molar-refractivity contribution is 6.05. The lowest BCUT2D eigenvalue weighted by Gasteiger charge is -2.16. The van der Waals surface area contributed by atoms with Gasteiger partial charge in [-0.25, -0.2) is 4.39 Å². The fourth-order valence-electron chi connectivity index (χ4n) is 2.07. The second kappa shape index (κ2) is 4.84. The Bertz CT molecular complexity index is 488.